The molecule has 1 aromatic carbocycles. The van der Waals surface area contributed by atoms with Crippen LogP contribution in [0.25, 0.3) is 0 Å². The number of nitrogens with one attached hydrogen (secondary N) is 1. The van der Waals surface area contributed by atoms with E-state index in [1.54, 1.807) is 18.9 Å². The molecule has 0 bridgehead atoms. The van der Waals surface area contributed by atoms with Crippen molar-refractivity contribution < 1.29 is 9.84 Å². The first-order chi connectivity index (χ1) is 9.24. The van der Waals surface area contributed by atoms with Crippen LogP contribution in [0.2, 0.25) is 0 Å². The number of methoxy groups -OCH3 is 1. The van der Waals surface area contributed by atoms with Gasteiger partial charge in [0.15, 0.2) is 0 Å². The highest BCUT2D eigenvalue weighted by Crippen LogP contribution is 2.35. The molecule has 0 fully saturated rings. The van der Waals surface area contributed by atoms with Crippen LogP contribution in [0.3, 0.4) is 0 Å². The van der Waals surface area contributed by atoms with E-state index in [4.69, 9.17) is 9.84 Å². The number of hydrogen-bond donors (Lipinski definition) is 2. The molecule has 0 heterocycles. The zero-order valence-corrected chi connectivity index (χ0v) is 12.9. The third-order valence-corrected chi connectivity index (χ3v) is 4.10. The van der Waals surface area contributed by atoms with Crippen molar-refractivity contribution in [3.63, 3.8) is 0 Å². The fourth-order valence-electron chi connectivity index (χ4n) is 1.96. The lowest BCUT2D eigenvalue weighted by Gasteiger charge is -2.20. The van der Waals surface area contributed by atoms with E-state index >= 15 is 0 Å². The minimum atomic E-state index is 0.246. The lowest BCUT2D eigenvalue weighted by Crippen LogP contribution is -2.20. The Bertz CT molecular complexity index is 371. The summed E-state index contributed by atoms with van der Waals surface area (Å²) in [6, 6.07) is 6.43. The maximum atomic E-state index is 8.89. The van der Waals surface area contributed by atoms with Crippen LogP contribution in [0.1, 0.15) is 38.3 Å². The van der Waals surface area contributed by atoms with E-state index in [1.807, 2.05) is 12.1 Å². The van der Waals surface area contributed by atoms with Gasteiger partial charge in [0.05, 0.1) is 7.11 Å². The predicted octanol–water partition coefficient (Wildman–Crippen LogP) is 3.23. The van der Waals surface area contributed by atoms with Crippen molar-refractivity contribution in [2.24, 2.45) is 0 Å². The van der Waals surface area contributed by atoms with E-state index in [0.717, 1.165) is 30.9 Å². The highest BCUT2D eigenvalue weighted by atomic mass is 32.2. The van der Waals surface area contributed by atoms with Crippen molar-refractivity contribution in [1.82, 2.24) is 5.32 Å². The second-order valence-electron chi connectivity index (χ2n) is 4.47. The van der Waals surface area contributed by atoms with Crippen LogP contribution in [0.15, 0.2) is 23.1 Å². The topological polar surface area (TPSA) is 41.5 Å². The third kappa shape index (κ3) is 5.05. The summed E-state index contributed by atoms with van der Waals surface area (Å²) >= 11 is 1.78. The molecule has 0 aliphatic rings. The molecule has 0 aliphatic carbocycles. The summed E-state index contributed by atoms with van der Waals surface area (Å²) in [4.78, 5) is 1.24. The largest absolute Gasteiger partial charge is 0.496 e. The SMILES string of the molecule is CCCNC(C)c1c(OC)cccc1SCCCO. The molecule has 1 atom stereocenters. The first kappa shape index (κ1) is 16.3. The normalized spacial score (nSPS) is 12.4. The molecule has 0 saturated carbocycles. The lowest BCUT2D eigenvalue weighted by atomic mass is 10.1. The molecule has 4 heteroatoms. The van der Waals surface area contributed by atoms with Crippen LogP contribution in [0.5, 0.6) is 5.75 Å². The highest BCUT2D eigenvalue weighted by molar-refractivity contribution is 7.99. The van der Waals surface area contributed by atoms with E-state index < -0.39 is 0 Å². The van der Waals surface area contributed by atoms with Gasteiger partial charge in [-0.15, -0.1) is 11.8 Å². The minimum Gasteiger partial charge on any atom is -0.496 e. The Morgan fingerprint density at radius 2 is 2.21 bits per heavy atom. The van der Waals surface area contributed by atoms with Crippen LogP contribution in [0, 0.1) is 0 Å². The van der Waals surface area contributed by atoms with E-state index in [-0.39, 0.29) is 12.6 Å². The van der Waals surface area contributed by atoms with Gasteiger partial charge < -0.3 is 15.2 Å². The van der Waals surface area contributed by atoms with Crippen molar-refractivity contribution in [3.8, 4) is 5.75 Å². The van der Waals surface area contributed by atoms with Crippen LogP contribution in [-0.4, -0.2) is 31.1 Å². The smallest absolute Gasteiger partial charge is 0.124 e. The number of ether oxygens (including phenoxy) is 1. The Morgan fingerprint density at radius 3 is 2.84 bits per heavy atom. The van der Waals surface area contributed by atoms with Gasteiger partial charge in [0.2, 0.25) is 0 Å². The lowest BCUT2D eigenvalue weighted by molar-refractivity contribution is 0.296. The molecule has 0 spiro atoms. The summed E-state index contributed by atoms with van der Waals surface area (Å²) in [6.45, 7) is 5.58. The van der Waals surface area contributed by atoms with E-state index in [0.29, 0.717) is 0 Å². The van der Waals surface area contributed by atoms with Crippen molar-refractivity contribution >= 4 is 11.8 Å². The fraction of sp³-hybridized carbons (Fsp3) is 0.600. The minimum absolute atomic E-state index is 0.246. The number of aliphatic hydroxyl groups excluding tert-OH is 1. The van der Waals surface area contributed by atoms with Gasteiger partial charge in [0, 0.05) is 28.9 Å². The Hall–Kier alpha value is -0.710. The molecule has 19 heavy (non-hydrogen) atoms. The second-order valence-corrected chi connectivity index (χ2v) is 5.61. The van der Waals surface area contributed by atoms with Crippen LogP contribution in [-0.2, 0) is 0 Å². The fourth-order valence-corrected chi connectivity index (χ4v) is 3.07. The van der Waals surface area contributed by atoms with Crippen molar-refractivity contribution in [3.05, 3.63) is 23.8 Å². The third-order valence-electron chi connectivity index (χ3n) is 2.94. The molecule has 1 unspecified atom stereocenters. The number of aliphatic hydroxyl groups is 1. The molecular weight excluding hydrogens is 258 g/mol. The van der Waals surface area contributed by atoms with Crippen molar-refractivity contribution in [2.75, 3.05) is 26.0 Å². The molecule has 0 aliphatic heterocycles. The molecule has 1 aromatic rings. The Kier molecular flexibility index (Phi) is 7.94. The number of hydrogen-bond acceptors (Lipinski definition) is 4. The van der Waals surface area contributed by atoms with Crippen LogP contribution < -0.4 is 10.1 Å². The summed E-state index contributed by atoms with van der Waals surface area (Å²) in [5.74, 6) is 1.86. The summed E-state index contributed by atoms with van der Waals surface area (Å²) in [5, 5.41) is 12.4. The van der Waals surface area contributed by atoms with E-state index in [1.165, 1.54) is 10.5 Å². The van der Waals surface area contributed by atoms with Crippen molar-refractivity contribution in [2.45, 2.75) is 37.6 Å². The quantitative estimate of drug-likeness (QED) is 0.539. The van der Waals surface area contributed by atoms with Gasteiger partial charge in [-0.3, -0.25) is 0 Å². The zero-order chi connectivity index (χ0) is 14.1. The molecule has 0 radical (unpaired) electrons. The average Bonchev–Trinajstić information content (AvgIpc) is 2.44. The Morgan fingerprint density at radius 1 is 1.42 bits per heavy atom. The molecular formula is C15H25NO2S. The van der Waals surface area contributed by atoms with E-state index in [9.17, 15) is 0 Å². The maximum absolute atomic E-state index is 8.89. The Labute approximate surface area is 120 Å². The number of thioether (sulfide) groups is 1. The van der Waals surface area contributed by atoms with Gasteiger partial charge in [-0.1, -0.05) is 13.0 Å². The van der Waals surface area contributed by atoms with Crippen molar-refractivity contribution in [1.29, 1.82) is 0 Å². The summed E-state index contributed by atoms with van der Waals surface area (Å²) < 4.78 is 5.49. The standard InChI is InChI=1S/C15H25NO2S/c1-4-9-16-12(2)15-13(18-3)7-5-8-14(15)19-11-6-10-17/h5,7-8,12,16-17H,4,6,9-11H2,1-3H3. The van der Waals surface area contributed by atoms with Gasteiger partial charge in [-0.2, -0.15) is 0 Å². The molecule has 2 N–H and O–H groups in total. The first-order valence-corrected chi connectivity index (χ1v) is 7.87. The van der Waals surface area contributed by atoms with Gasteiger partial charge in [-0.25, -0.2) is 0 Å². The number of rotatable bonds is 9. The van der Waals surface area contributed by atoms with Gasteiger partial charge >= 0.3 is 0 Å². The van der Waals surface area contributed by atoms with E-state index in [2.05, 4.69) is 25.2 Å². The molecule has 108 valence electrons. The molecule has 0 aromatic heterocycles. The molecule has 0 amide bonds. The first-order valence-electron chi connectivity index (χ1n) is 6.88. The number of benzene rings is 1. The van der Waals surface area contributed by atoms with Gasteiger partial charge in [0.25, 0.3) is 0 Å². The van der Waals surface area contributed by atoms with Gasteiger partial charge in [0.1, 0.15) is 5.75 Å². The summed E-state index contributed by atoms with van der Waals surface area (Å²) in [7, 11) is 1.72. The van der Waals surface area contributed by atoms with Gasteiger partial charge in [-0.05, 0) is 38.4 Å². The molecule has 0 saturated heterocycles. The van der Waals surface area contributed by atoms with Crippen LogP contribution >= 0.6 is 11.8 Å². The Balaban J connectivity index is 2.88. The maximum Gasteiger partial charge on any atom is 0.124 e. The molecule has 1 rings (SSSR count). The average molecular weight is 283 g/mol. The second kappa shape index (κ2) is 9.23. The summed E-state index contributed by atoms with van der Waals surface area (Å²) in [5.41, 5.74) is 1.22. The van der Waals surface area contributed by atoms with Crippen LogP contribution in [0.4, 0.5) is 0 Å². The monoisotopic (exact) mass is 283 g/mol. The predicted molar refractivity (Wildman–Crippen MR) is 82.1 cm³/mol. The zero-order valence-electron chi connectivity index (χ0n) is 12.1. The summed E-state index contributed by atoms with van der Waals surface area (Å²) in [6.07, 6.45) is 1.94. The highest BCUT2D eigenvalue weighted by Gasteiger charge is 2.15. The molecule has 3 nitrogen and oxygen atoms in total.